The van der Waals surface area contributed by atoms with Gasteiger partial charge in [-0.1, -0.05) is 11.6 Å². The fourth-order valence-electron chi connectivity index (χ4n) is 2.82. The lowest BCUT2D eigenvalue weighted by molar-refractivity contribution is 0.145. The molecule has 0 aromatic carbocycles. The summed E-state index contributed by atoms with van der Waals surface area (Å²) < 4.78 is 27.4. The molecule has 8 heteroatoms. The van der Waals surface area contributed by atoms with Crippen molar-refractivity contribution in [2.45, 2.75) is 16.7 Å². The lowest BCUT2D eigenvalue weighted by atomic mass is 10.2. The summed E-state index contributed by atoms with van der Waals surface area (Å²) in [5, 5.41) is 3.35. The van der Waals surface area contributed by atoms with E-state index >= 15 is 0 Å². The summed E-state index contributed by atoms with van der Waals surface area (Å²) in [6.45, 7) is 4.84. The minimum atomic E-state index is -3.36. The molecule has 0 aliphatic carbocycles. The van der Waals surface area contributed by atoms with Crippen molar-refractivity contribution in [3.63, 3.8) is 0 Å². The van der Waals surface area contributed by atoms with Crippen molar-refractivity contribution in [3.8, 4) is 0 Å². The Hall–Kier alpha value is -0.180. The first kappa shape index (κ1) is 14.7. The van der Waals surface area contributed by atoms with Gasteiger partial charge in [-0.25, -0.2) is 8.42 Å². The predicted octanol–water partition coefficient (Wildman–Crippen LogP) is 1.07. The van der Waals surface area contributed by atoms with Gasteiger partial charge in [0.05, 0.1) is 4.34 Å². The third-order valence-corrected chi connectivity index (χ3v) is 7.56. The van der Waals surface area contributed by atoms with E-state index in [0.29, 0.717) is 27.7 Å². The standard InChI is InChI=1S/C12H18ClN3O2S2/c13-11-1-2-12(19-11)20(17,18)16-7-5-15(6-8-16)10-3-4-14-9-10/h1-2,10,14H,3-9H2. The SMILES string of the molecule is O=S(=O)(c1ccc(Cl)s1)N1CCN(C2CCNC2)CC1. The smallest absolute Gasteiger partial charge is 0.252 e. The molecule has 2 fully saturated rings. The molecule has 0 saturated carbocycles. The van der Waals surface area contributed by atoms with E-state index in [0.717, 1.165) is 43.9 Å². The number of halogens is 1. The van der Waals surface area contributed by atoms with Gasteiger partial charge in [-0.15, -0.1) is 11.3 Å². The summed E-state index contributed by atoms with van der Waals surface area (Å²) in [6.07, 6.45) is 1.16. The number of hydrogen-bond acceptors (Lipinski definition) is 5. The van der Waals surface area contributed by atoms with Crippen LogP contribution in [0.1, 0.15) is 6.42 Å². The second-order valence-electron chi connectivity index (χ2n) is 5.15. The fourth-order valence-corrected chi connectivity index (χ4v) is 5.88. The van der Waals surface area contributed by atoms with Gasteiger partial charge in [0.15, 0.2) is 0 Å². The highest BCUT2D eigenvalue weighted by Gasteiger charge is 2.32. The van der Waals surface area contributed by atoms with Gasteiger partial charge < -0.3 is 5.32 Å². The minimum Gasteiger partial charge on any atom is -0.315 e. The Kier molecular flexibility index (Phi) is 4.35. The van der Waals surface area contributed by atoms with Gasteiger partial charge in [-0.05, 0) is 25.1 Å². The van der Waals surface area contributed by atoms with Crippen LogP contribution in [0.3, 0.4) is 0 Å². The summed E-state index contributed by atoms with van der Waals surface area (Å²) in [5.41, 5.74) is 0. The molecule has 1 atom stereocenters. The van der Waals surface area contributed by atoms with Crippen LogP contribution in [0.15, 0.2) is 16.3 Å². The summed E-state index contributed by atoms with van der Waals surface area (Å²) in [6, 6.07) is 3.80. The van der Waals surface area contributed by atoms with Crippen molar-refractivity contribution < 1.29 is 8.42 Å². The van der Waals surface area contributed by atoms with E-state index < -0.39 is 10.0 Å². The monoisotopic (exact) mass is 335 g/mol. The molecule has 1 N–H and O–H groups in total. The van der Waals surface area contributed by atoms with Crippen LogP contribution in [0.25, 0.3) is 0 Å². The lowest BCUT2D eigenvalue weighted by Crippen LogP contribution is -2.52. The number of piperazine rings is 1. The Balaban J connectivity index is 1.65. The summed E-state index contributed by atoms with van der Waals surface area (Å²) in [5.74, 6) is 0. The molecule has 3 heterocycles. The Labute approximate surface area is 128 Å². The van der Waals surface area contributed by atoms with Crippen LogP contribution in [0.5, 0.6) is 0 Å². The van der Waals surface area contributed by atoms with Crippen molar-refractivity contribution in [2.75, 3.05) is 39.3 Å². The molecule has 1 aromatic rings. The zero-order valence-electron chi connectivity index (χ0n) is 11.1. The minimum absolute atomic E-state index is 0.346. The first-order valence-electron chi connectivity index (χ1n) is 6.77. The van der Waals surface area contributed by atoms with E-state index in [1.807, 2.05) is 0 Å². The van der Waals surface area contributed by atoms with Gasteiger partial charge in [-0.3, -0.25) is 4.90 Å². The Morgan fingerprint density at radius 1 is 1.25 bits per heavy atom. The molecule has 1 unspecified atom stereocenters. The second kappa shape index (κ2) is 5.90. The molecule has 2 saturated heterocycles. The molecule has 5 nitrogen and oxygen atoms in total. The first-order chi connectivity index (χ1) is 9.57. The zero-order chi connectivity index (χ0) is 14.2. The maximum absolute atomic E-state index is 12.5. The van der Waals surface area contributed by atoms with Gasteiger partial charge >= 0.3 is 0 Å². The van der Waals surface area contributed by atoms with E-state index in [4.69, 9.17) is 11.6 Å². The van der Waals surface area contributed by atoms with Crippen molar-refractivity contribution in [1.82, 2.24) is 14.5 Å². The Morgan fingerprint density at radius 3 is 2.55 bits per heavy atom. The number of hydrogen-bond donors (Lipinski definition) is 1. The van der Waals surface area contributed by atoms with E-state index in [2.05, 4.69) is 10.2 Å². The Morgan fingerprint density at radius 2 is 2.00 bits per heavy atom. The predicted molar refractivity (Wildman–Crippen MR) is 80.9 cm³/mol. The van der Waals surface area contributed by atoms with E-state index in [1.54, 1.807) is 16.4 Å². The van der Waals surface area contributed by atoms with Crippen LogP contribution >= 0.6 is 22.9 Å². The van der Waals surface area contributed by atoms with Crippen LogP contribution in [0.2, 0.25) is 4.34 Å². The van der Waals surface area contributed by atoms with Gasteiger partial charge in [-0.2, -0.15) is 4.31 Å². The first-order valence-corrected chi connectivity index (χ1v) is 9.41. The molecule has 20 heavy (non-hydrogen) atoms. The summed E-state index contributed by atoms with van der Waals surface area (Å²) in [4.78, 5) is 2.40. The zero-order valence-corrected chi connectivity index (χ0v) is 13.5. The molecule has 112 valence electrons. The molecule has 0 amide bonds. The van der Waals surface area contributed by atoms with Gasteiger partial charge in [0.25, 0.3) is 10.0 Å². The summed E-state index contributed by atoms with van der Waals surface area (Å²) >= 11 is 6.96. The maximum Gasteiger partial charge on any atom is 0.252 e. The van der Waals surface area contributed by atoms with Crippen molar-refractivity contribution in [1.29, 1.82) is 0 Å². The number of rotatable bonds is 3. The normalized spacial score (nSPS) is 26.1. The van der Waals surface area contributed by atoms with Crippen LogP contribution in [-0.2, 0) is 10.0 Å². The number of nitrogens with one attached hydrogen (secondary N) is 1. The van der Waals surface area contributed by atoms with Crippen LogP contribution in [0, 0.1) is 0 Å². The maximum atomic E-state index is 12.5. The molecule has 0 radical (unpaired) electrons. The van der Waals surface area contributed by atoms with Gasteiger partial charge in [0, 0.05) is 38.8 Å². The molecule has 3 rings (SSSR count). The number of nitrogens with zero attached hydrogens (tertiary/aromatic N) is 2. The molecule has 0 bridgehead atoms. The average molecular weight is 336 g/mol. The second-order valence-corrected chi connectivity index (χ2v) is 9.03. The molecular formula is C12H18ClN3O2S2. The topological polar surface area (TPSA) is 52.7 Å². The van der Waals surface area contributed by atoms with Gasteiger partial charge in [0.1, 0.15) is 4.21 Å². The Bertz CT molecular complexity index is 561. The molecule has 2 aliphatic rings. The third-order valence-electron chi connectivity index (χ3n) is 3.97. The van der Waals surface area contributed by atoms with Crippen LogP contribution in [0.4, 0.5) is 0 Å². The largest absolute Gasteiger partial charge is 0.315 e. The molecule has 2 aliphatic heterocycles. The summed E-state index contributed by atoms with van der Waals surface area (Å²) in [7, 11) is -3.36. The van der Waals surface area contributed by atoms with Gasteiger partial charge in [0.2, 0.25) is 0 Å². The molecule has 1 aromatic heterocycles. The fraction of sp³-hybridized carbons (Fsp3) is 0.667. The van der Waals surface area contributed by atoms with Crippen LogP contribution in [-0.4, -0.2) is 62.9 Å². The average Bonchev–Trinajstić information content (AvgIpc) is 3.10. The van der Waals surface area contributed by atoms with Crippen LogP contribution < -0.4 is 5.32 Å². The van der Waals surface area contributed by atoms with E-state index in [9.17, 15) is 8.42 Å². The number of thiophene rings is 1. The lowest BCUT2D eigenvalue weighted by Gasteiger charge is -2.36. The quantitative estimate of drug-likeness (QED) is 0.897. The van der Waals surface area contributed by atoms with Crippen molar-refractivity contribution in [3.05, 3.63) is 16.5 Å². The highest BCUT2D eigenvalue weighted by Crippen LogP contribution is 2.28. The van der Waals surface area contributed by atoms with Crippen molar-refractivity contribution >= 4 is 33.0 Å². The molecular weight excluding hydrogens is 318 g/mol. The number of sulfonamides is 1. The van der Waals surface area contributed by atoms with E-state index in [1.165, 1.54) is 0 Å². The molecule has 0 spiro atoms. The third kappa shape index (κ3) is 2.88. The van der Waals surface area contributed by atoms with Crippen molar-refractivity contribution in [2.24, 2.45) is 0 Å². The van der Waals surface area contributed by atoms with E-state index in [-0.39, 0.29) is 0 Å². The highest BCUT2D eigenvalue weighted by atomic mass is 35.5. The highest BCUT2D eigenvalue weighted by molar-refractivity contribution is 7.91.